The second-order valence-corrected chi connectivity index (χ2v) is 4.40. The molecule has 0 aliphatic rings. The Bertz CT molecular complexity index is 645. The van der Waals surface area contributed by atoms with Crippen molar-refractivity contribution in [2.75, 3.05) is 12.8 Å². The Labute approximate surface area is 121 Å². The molecular weight excluding hydrogens is 332 g/mol. The van der Waals surface area contributed by atoms with Gasteiger partial charge in [0.2, 0.25) is 5.75 Å². The van der Waals surface area contributed by atoms with Gasteiger partial charge in [-0.1, -0.05) is 0 Å². The van der Waals surface area contributed by atoms with E-state index in [9.17, 15) is 10.1 Å². The molecule has 1 heterocycles. The van der Waals surface area contributed by atoms with Crippen LogP contribution in [-0.2, 0) is 0 Å². The molecule has 2 N–H and O–H groups in total. The summed E-state index contributed by atoms with van der Waals surface area (Å²) >= 11 is 3.13. The lowest BCUT2D eigenvalue weighted by atomic mass is 10.3. The second-order valence-electron chi connectivity index (χ2n) is 3.59. The molecule has 0 aliphatic heterocycles. The molecule has 0 radical (unpaired) electrons. The summed E-state index contributed by atoms with van der Waals surface area (Å²) in [6.45, 7) is 0. The predicted molar refractivity (Wildman–Crippen MR) is 73.9 cm³/mol. The van der Waals surface area contributed by atoms with E-state index in [4.69, 9.17) is 15.2 Å². The zero-order valence-electron chi connectivity index (χ0n) is 10.2. The van der Waals surface area contributed by atoms with Crippen LogP contribution in [0.4, 0.5) is 11.5 Å². The summed E-state index contributed by atoms with van der Waals surface area (Å²) in [7, 11) is 1.44. The minimum atomic E-state index is -0.573. The zero-order chi connectivity index (χ0) is 14.7. The van der Waals surface area contributed by atoms with Gasteiger partial charge in [-0.3, -0.25) is 10.1 Å². The van der Waals surface area contributed by atoms with E-state index in [1.54, 1.807) is 0 Å². The molecule has 8 nitrogen and oxygen atoms in total. The maximum absolute atomic E-state index is 11.0. The smallest absolute Gasteiger partial charge is 0.325 e. The molecule has 20 heavy (non-hydrogen) atoms. The fourth-order valence-electron chi connectivity index (χ4n) is 1.41. The number of nitro benzene ring substituents is 1. The largest absolute Gasteiger partial charge is 0.497 e. The van der Waals surface area contributed by atoms with E-state index in [1.807, 2.05) is 0 Å². The fraction of sp³-hybridized carbons (Fsp3) is 0.0909. The number of benzene rings is 1. The summed E-state index contributed by atoms with van der Waals surface area (Å²) in [6, 6.07) is 5.48. The van der Waals surface area contributed by atoms with E-state index in [-0.39, 0.29) is 23.3 Å². The molecule has 0 unspecified atom stereocenters. The Morgan fingerprint density at radius 2 is 2.10 bits per heavy atom. The number of hydrogen-bond acceptors (Lipinski definition) is 7. The van der Waals surface area contributed by atoms with Gasteiger partial charge < -0.3 is 15.2 Å². The number of nitro groups is 1. The van der Waals surface area contributed by atoms with Crippen LogP contribution in [0.15, 0.2) is 28.9 Å². The minimum absolute atomic E-state index is 0.0353. The van der Waals surface area contributed by atoms with Crippen LogP contribution in [0.3, 0.4) is 0 Å². The summed E-state index contributed by atoms with van der Waals surface area (Å²) in [5, 5.41) is 11.0. The Morgan fingerprint density at radius 3 is 2.70 bits per heavy atom. The van der Waals surface area contributed by atoms with Gasteiger partial charge in [-0.15, -0.1) is 0 Å². The lowest BCUT2D eigenvalue weighted by molar-refractivity contribution is -0.385. The van der Waals surface area contributed by atoms with Crippen molar-refractivity contribution in [3.63, 3.8) is 0 Å². The number of aromatic nitrogens is 2. The Balaban J connectivity index is 2.42. The lowest BCUT2D eigenvalue weighted by Crippen LogP contribution is -1.99. The molecule has 2 rings (SSSR count). The minimum Gasteiger partial charge on any atom is -0.497 e. The molecule has 2 aromatic rings. The highest BCUT2D eigenvalue weighted by atomic mass is 79.9. The van der Waals surface area contributed by atoms with Crippen molar-refractivity contribution in [2.45, 2.75) is 0 Å². The van der Waals surface area contributed by atoms with E-state index in [2.05, 4.69) is 25.9 Å². The number of anilines is 1. The topological polar surface area (TPSA) is 113 Å². The number of nitrogens with zero attached hydrogens (tertiary/aromatic N) is 3. The molecule has 9 heteroatoms. The fourth-order valence-corrected chi connectivity index (χ4v) is 1.80. The first-order valence-electron chi connectivity index (χ1n) is 5.30. The summed E-state index contributed by atoms with van der Waals surface area (Å²) in [4.78, 5) is 18.1. The monoisotopic (exact) mass is 340 g/mol. The van der Waals surface area contributed by atoms with Crippen LogP contribution in [0.2, 0.25) is 0 Å². The van der Waals surface area contributed by atoms with Gasteiger partial charge in [-0.2, -0.15) is 9.97 Å². The average molecular weight is 341 g/mol. The molecule has 0 aliphatic carbocycles. The number of nitrogens with two attached hydrogens (primary N) is 1. The summed E-state index contributed by atoms with van der Waals surface area (Å²) in [6.07, 6.45) is 0. The number of methoxy groups -OCH3 is 1. The van der Waals surface area contributed by atoms with Gasteiger partial charge in [0.1, 0.15) is 16.2 Å². The van der Waals surface area contributed by atoms with Gasteiger partial charge in [0, 0.05) is 18.2 Å². The van der Waals surface area contributed by atoms with E-state index in [0.717, 1.165) is 0 Å². The molecule has 0 bridgehead atoms. The highest BCUT2D eigenvalue weighted by Gasteiger charge is 2.18. The quantitative estimate of drug-likeness (QED) is 0.516. The Hall–Kier alpha value is -2.42. The normalized spacial score (nSPS) is 10.1. The van der Waals surface area contributed by atoms with Crippen molar-refractivity contribution in [1.29, 1.82) is 0 Å². The molecule has 0 saturated heterocycles. The van der Waals surface area contributed by atoms with Gasteiger partial charge in [-0.05, 0) is 22.0 Å². The van der Waals surface area contributed by atoms with Crippen molar-refractivity contribution < 1.29 is 14.4 Å². The number of hydrogen-bond donors (Lipinski definition) is 1. The number of ether oxygens (including phenoxy) is 2. The number of rotatable bonds is 4. The second kappa shape index (κ2) is 5.70. The molecule has 1 aromatic carbocycles. The third-order valence-corrected chi connectivity index (χ3v) is 2.67. The number of halogens is 1. The number of nitrogen functional groups attached to an aromatic ring is 1. The van der Waals surface area contributed by atoms with Crippen LogP contribution in [0.25, 0.3) is 0 Å². The van der Waals surface area contributed by atoms with Gasteiger partial charge in [-0.25, -0.2) is 0 Å². The standard InChI is InChI=1S/C11H9BrN4O4/c1-19-6-2-3-7(16(17)18)8(4-6)20-11-14-9(12)5-10(13)15-11/h2-5H,1H3,(H2,13,14,15). The first-order chi connectivity index (χ1) is 9.49. The van der Waals surface area contributed by atoms with E-state index in [1.165, 1.54) is 31.4 Å². The summed E-state index contributed by atoms with van der Waals surface area (Å²) in [5.41, 5.74) is 5.32. The van der Waals surface area contributed by atoms with Crippen molar-refractivity contribution in [1.82, 2.24) is 9.97 Å². The highest BCUT2D eigenvalue weighted by molar-refractivity contribution is 9.10. The molecule has 0 amide bonds. The Kier molecular flexibility index (Phi) is 3.99. The zero-order valence-corrected chi connectivity index (χ0v) is 11.8. The third-order valence-electron chi connectivity index (χ3n) is 2.26. The maximum atomic E-state index is 11.0. The van der Waals surface area contributed by atoms with E-state index in [0.29, 0.717) is 10.4 Å². The lowest BCUT2D eigenvalue weighted by Gasteiger charge is -2.07. The predicted octanol–water partition coefficient (Wildman–Crippen LogP) is 2.53. The summed E-state index contributed by atoms with van der Waals surface area (Å²) in [5.74, 6) is 0.549. The van der Waals surface area contributed by atoms with Crippen LogP contribution in [0, 0.1) is 10.1 Å². The SMILES string of the molecule is COc1ccc([N+](=O)[O-])c(Oc2nc(N)cc(Br)n2)c1. The Morgan fingerprint density at radius 1 is 1.35 bits per heavy atom. The summed E-state index contributed by atoms with van der Waals surface area (Å²) < 4.78 is 10.7. The van der Waals surface area contributed by atoms with Gasteiger partial charge in [0.25, 0.3) is 0 Å². The van der Waals surface area contributed by atoms with Crippen LogP contribution < -0.4 is 15.2 Å². The van der Waals surface area contributed by atoms with Crippen LogP contribution in [0.5, 0.6) is 17.5 Å². The average Bonchev–Trinajstić information content (AvgIpc) is 2.37. The van der Waals surface area contributed by atoms with Gasteiger partial charge in [0.05, 0.1) is 12.0 Å². The molecule has 0 fully saturated rings. The highest BCUT2D eigenvalue weighted by Crippen LogP contribution is 2.33. The third kappa shape index (κ3) is 3.12. The van der Waals surface area contributed by atoms with Crippen molar-refractivity contribution in [3.05, 3.63) is 39.0 Å². The molecule has 0 atom stereocenters. The van der Waals surface area contributed by atoms with Crippen molar-refractivity contribution in [2.24, 2.45) is 0 Å². The van der Waals surface area contributed by atoms with Crippen LogP contribution in [-0.4, -0.2) is 22.0 Å². The van der Waals surface area contributed by atoms with Crippen LogP contribution in [0.1, 0.15) is 0 Å². The van der Waals surface area contributed by atoms with Gasteiger partial charge in [0.15, 0.2) is 0 Å². The van der Waals surface area contributed by atoms with E-state index < -0.39 is 4.92 Å². The molecular formula is C11H9BrN4O4. The first-order valence-corrected chi connectivity index (χ1v) is 6.09. The molecule has 104 valence electrons. The van der Waals surface area contributed by atoms with Crippen molar-refractivity contribution in [3.8, 4) is 17.5 Å². The molecule has 0 spiro atoms. The molecule has 1 aromatic heterocycles. The molecule has 0 saturated carbocycles. The van der Waals surface area contributed by atoms with Gasteiger partial charge >= 0.3 is 11.7 Å². The van der Waals surface area contributed by atoms with Crippen LogP contribution >= 0.6 is 15.9 Å². The first kappa shape index (κ1) is 14.0. The van der Waals surface area contributed by atoms with Crippen molar-refractivity contribution >= 4 is 27.4 Å². The van der Waals surface area contributed by atoms with E-state index >= 15 is 0 Å². The maximum Gasteiger partial charge on any atom is 0.325 e.